The molecule has 2 heterocycles. The van der Waals surface area contributed by atoms with E-state index in [0.717, 1.165) is 24.6 Å². The highest BCUT2D eigenvalue weighted by molar-refractivity contribution is 5.47. The molecule has 1 aromatic heterocycles. The van der Waals surface area contributed by atoms with Crippen LogP contribution in [0.1, 0.15) is 37.7 Å². The molecule has 0 radical (unpaired) electrons. The molecule has 112 valence electrons. The molecule has 3 rings (SSSR count). The van der Waals surface area contributed by atoms with Gasteiger partial charge in [0.1, 0.15) is 0 Å². The van der Waals surface area contributed by atoms with Gasteiger partial charge in [-0.2, -0.15) is 10.1 Å². The Kier molecular flexibility index (Phi) is 3.57. The third-order valence-corrected chi connectivity index (χ3v) is 4.03. The van der Waals surface area contributed by atoms with Crippen LogP contribution in [-0.4, -0.2) is 34.9 Å². The van der Waals surface area contributed by atoms with Gasteiger partial charge in [0.05, 0.1) is 6.04 Å². The van der Waals surface area contributed by atoms with Crippen LogP contribution in [0, 0.1) is 0 Å². The van der Waals surface area contributed by atoms with Crippen molar-refractivity contribution < 1.29 is 0 Å². The van der Waals surface area contributed by atoms with Crippen molar-refractivity contribution in [3.8, 4) is 0 Å². The van der Waals surface area contributed by atoms with Crippen molar-refractivity contribution >= 4 is 11.6 Å². The van der Waals surface area contributed by atoms with Crippen molar-refractivity contribution in [2.45, 2.75) is 38.8 Å². The fraction of sp³-hybridized carbons (Fsp3) is 0.500. The van der Waals surface area contributed by atoms with Crippen molar-refractivity contribution in [2.24, 2.45) is 0 Å². The Bertz CT molecular complexity index is 614. The molecule has 0 unspecified atom stereocenters. The highest BCUT2D eigenvalue weighted by Crippen LogP contribution is 2.31. The van der Waals surface area contributed by atoms with Gasteiger partial charge in [-0.05, 0) is 31.0 Å². The molecular formula is C16H23N5. The Morgan fingerprint density at radius 1 is 1.29 bits per heavy atom. The molecule has 0 saturated carbocycles. The summed E-state index contributed by atoms with van der Waals surface area (Å²) in [6, 6.07) is 9.41. The average molecular weight is 285 g/mol. The molecule has 0 amide bonds. The summed E-state index contributed by atoms with van der Waals surface area (Å²) in [5.41, 5.74) is 2.51. The molecule has 0 saturated heterocycles. The first kappa shape index (κ1) is 13.9. The standard InChI is InChI=1S/C16H23N5/c1-5-15-18-16-17-11(2)10-14(21(16)19-15)12-6-8-13(9-7-12)20(3)4/h6-9,11,14H,5,10H2,1-4H3,(H,17,18,19)/t11-,14+/m0/s1. The lowest BCUT2D eigenvalue weighted by Gasteiger charge is -2.29. The highest BCUT2D eigenvalue weighted by Gasteiger charge is 2.27. The molecule has 0 fully saturated rings. The first-order chi connectivity index (χ1) is 10.1. The van der Waals surface area contributed by atoms with Crippen LogP contribution in [-0.2, 0) is 6.42 Å². The van der Waals surface area contributed by atoms with E-state index in [1.807, 2.05) is 4.68 Å². The number of hydrogen-bond donors (Lipinski definition) is 1. The smallest absolute Gasteiger partial charge is 0.222 e. The molecule has 1 aliphatic heterocycles. The molecule has 0 aliphatic carbocycles. The molecule has 2 atom stereocenters. The summed E-state index contributed by atoms with van der Waals surface area (Å²) in [5.74, 6) is 1.80. The molecule has 0 spiro atoms. The van der Waals surface area contributed by atoms with Gasteiger partial charge in [0.2, 0.25) is 5.95 Å². The lowest BCUT2D eigenvalue weighted by Crippen LogP contribution is -2.31. The van der Waals surface area contributed by atoms with E-state index in [9.17, 15) is 0 Å². The number of aromatic nitrogens is 3. The van der Waals surface area contributed by atoms with Crippen molar-refractivity contribution in [2.75, 3.05) is 24.3 Å². The minimum atomic E-state index is 0.264. The van der Waals surface area contributed by atoms with Gasteiger partial charge in [0, 0.05) is 32.2 Å². The van der Waals surface area contributed by atoms with Gasteiger partial charge in [0.25, 0.3) is 0 Å². The van der Waals surface area contributed by atoms with Gasteiger partial charge in [-0.1, -0.05) is 19.1 Å². The summed E-state index contributed by atoms with van der Waals surface area (Å²) < 4.78 is 2.05. The van der Waals surface area contributed by atoms with E-state index in [2.05, 4.69) is 72.5 Å². The Labute approximate surface area is 126 Å². The molecular weight excluding hydrogens is 262 g/mol. The van der Waals surface area contributed by atoms with Gasteiger partial charge in [-0.15, -0.1) is 0 Å². The van der Waals surface area contributed by atoms with Crippen LogP contribution in [0.4, 0.5) is 11.6 Å². The molecule has 21 heavy (non-hydrogen) atoms. The quantitative estimate of drug-likeness (QED) is 0.942. The average Bonchev–Trinajstić information content (AvgIpc) is 2.89. The number of hydrogen-bond acceptors (Lipinski definition) is 4. The number of fused-ring (bicyclic) bond motifs is 1. The van der Waals surface area contributed by atoms with Crippen molar-refractivity contribution in [3.63, 3.8) is 0 Å². The molecule has 5 heteroatoms. The third-order valence-electron chi connectivity index (χ3n) is 4.03. The lowest BCUT2D eigenvalue weighted by atomic mass is 9.98. The second-order valence-electron chi connectivity index (χ2n) is 5.93. The molecule has 1 N–H and O–H groups in total. The maximum atomic E-state index is 4.65. The monoisotopic (exact) mass is 285 g/mol. The maximum Gasteiger partial charge on any atom is 0.222 e. The third kappa shape index (κ3) is 2.60. The summed E-state index contributed by atoms with van der Waals surface area (Å²) in [5, 5.41) is 8.08. The summed E-state index contributed by atoms with van der Waals surface area (Å²) in [6.45, 7) is 4.29. The molecule has 5 nitrogen and oxygen atoms in total. The minimum absolute atomic E-state index is 0.264. The summed E-state index contributed by atoms with van der Waals surface area (Å²) in [4.78, 5) is 6.69. The zero-order valence-electron chi connectivity index (χ0n) is 13.2. The first-order valence-corrected chi connectivity index (χ1v) is 7.57. The van der Waals surface area contributed by atoms with E-state index in [-0.39, 0.29) is 6.04 Å². The van der Waals surface area contributed by atoms with E-state index < -0.39 is 0 Å². The number of benzene rings is 1. The predicted molar refractivity (Wildman–Crippen MR) is 86.0 cm³/mol. The number of anilines is 2. The molecule has 2 aromatic rings. The van der Waals surface area contributed by atoms with Gasteiger partial charge >= 0.3 is 0 Å². The van der Waals surface area contributed by atoms with Crippen molar-refractivity contribution in [1.82, 2.24) is 14.8 Å². The van der Waals surface area contributed by atoms with Crippen LogP contribution in [0.2, 0.25) is 0 Å². The molecule has 1 aliphatic rings. The fourth-order valence-corrected chi connectivity index (χ4v) is 2.82. The number of nitrogens with zero attached hydrogens (tertiary/aromatic N) is 4. The molecule has 0 bridgehead atoms. The Morgan fingerprint density at radius 2 is 2.00 bits per heavy atom. The maximum absolute atomic E-state index is 4.65. The van der Waals surface area contributed by atoms with Crippen LogP contribution in [0.15, 0.2) is 24.3 Å². The normalized spacial score (nSPS) is 20.8. The zero-order valence-corrected chi connectivity index (χ0v) is 13.2. The largest absolute Gasteiger partial charge is 0.378 e. The minimum Gasteiger partial charge on any atom is -0.378 e. The van der Waals surface area contributed by atoms with Crippen LogP contribution >= 0.6 is 0 Å². The highest BCUT2D eigenvalue weighted by atomic mass is 15.4. The van der Waals surface area contributed by atoms with E-state index in [1.165, 1.54) is 11.3 Å². The summed E-state index contributed by atoms with van der Waals surface area (Å²) >= 11 is 0. The SMILES string of the molecule is CCc1nc2n(n1)[C@@H](c1ccc(N(C)C)cc1)C[C@H](C)N2. The van der Waals surface area contributed by atoms with Crippen molar-refractivity contribution in [1.29, 1.82) is 0 Å². The predicted octanol–water partition coefficient (Wildman–Crippen LogP) is 2.70. The Hall–Kier alpha value is -2.04. The topological polar surface area (TPSA) is 46.0 Å². The number of aryl methyl sites for hydroxylation is 1. The number of nitrogens with one attached hydrogen (secondary N) is 1. The van der Waals surface area contributed by atoms with Crippen LogP contribution < -0.4 is 10.2 Å². The van der Waals surface area contributed by atoms with Crippen molar-refractivity contribution in [3.05, 3.63) is 35.7 Å². The molecule has 1 aromatic carbocycles. The number of rotatable bonds is 3. The fourth-order valence-electron chi connectivity index (χ4n) is 2.82. The van der Waals surface area contributed by atoms with Crippen LogP contribution in [0.5, 0.6) is 0 Å². The van der Waals surface area contributed by atoms with E-state index in [1.54, 1.807) is 0 Å². The van der Waals surface area contributed by atoms with E-state index in [0.29, 0.717) is 6.04 Å². The lowest BCUT2D eigenvalue weighted by molar-refractivity contribution is 0.435. The van der Waals surface area contributed by atoms with Crippen LogP contribution in [0.25, 0.3) is 0 Å². The second-order valence-corrected chi connectivity index (χ2v) is 5.93. The second kappa shape index (κ2) is 5.39. The van der Waals surface area contributed by atoms with Gasteiger partial charge in [-0.25, -0.2) is 4.68 Å². The van der Waals surface area contributed by atoms with Gasteiger partial charge < -0.3 is 10.2 Å². The summed E-state index contributed by atoms with van der Waals surface area (Å²) in [7, 11) is 4.12. The van der Waals surface area contributed by atoms with Gasteiger partial charge in [0.15, 0.2) is 5.82 Å². The zero-order chi connectivity index (χ0) is 15.0. The summed E-state index contributed by atoms with van der Waals surface area (Å²) in [6.07, 6.45) is 1.89. The Morgan fingerprint density at radius 3 is 2.62 bits per heavy atom. The first-order valence-electron chi connectivity index (χ1n) is 7.57. The van der Waals surface area contributed by atoms with Gasteiger partial charge in [-0.3, -0.25) is 0 Å². The van der Waals surface area contributed by atoms with E-state index >= 15 is 0 Å². The Balaban J connectivity index is 1.96. The van der Waals surface area contributed by atoms with E-state index in [4.69, 9.17) is 0 Å². The van der Waals surface area contributed by atoms with Crippen LogP contribution in [0.3, 0.4) is 0 Å².